The second-order valence-corrected chi connectivity index (χ2v) is 4.62. The van der Waals surface area contributed by atoms with E-state index >= 15 is 0 Å². The Morgan fingerprint density at radius 3 is 3.05 bits per heavy atom. The van der Waals surface area contributed by atoms with Gasteiger partial charge >= 0.3 is 0 Å². The van der Waals surface area contributed by atoms with Crippen LogP contribution >= 0.6 is 0 Å². The lowest BCUT2D eigenvalue weighted by molar-refractivity contribution is 0.459. The Kier molecular flexibility index (Phi) is 3.00. The van der Waals surface area contributed by atoms with E-state index in [1.807, 2.05) is 0 Å². The van der Waals surface area contributed by atoms with Crippen molar-refractivity contribution in [3.05, 3.63) is 36.9 Å². The summed E-state index contributed by atoms with van der Waals surface area (Å²) in [6.45, 7) is 4.79. The Morgan fingerprint density at radius 1 is 1.32 bits per heavy atom. The van der Waals surface area contributed by atoms with Crippen molar-refractivity contribution in [2.45, 2.75) is 26.4 Å². The molecule has 0 radical (unpaired) electrons. The topological polar surface area (TPSA) is 68.2 Å². The quantitative estimate of drug-likeness (QED) is 0.773. The van der Waals surface area contributed by atoms with E-state index in [2.05, 4.69) is 34.2 Å². The summed E-state index contributed by atoms with van der Waals surface area (Å²) in [7, 11) is 0. The highest BCUT2D eigenvalue weighted by Gasteiger charge is 2.12. The van der Waals surface area contributed by atoms with Gasteiger partial charge in [0.1, 0.15) is 0 Å². The first-order chi connectivity index (χ1) is 9.24. The molecule has 0 aliphatic carbocycles. The van der Waals surface area contributed by atoms with Crippen LogP contribution in [-0.2, 0) is 6.54 Å². The monoisotopic (exact) mass is 257 g/mol. The van der Waals surface area contributed by atoms with Crippen LogP contribution in [0.2, 0.25) is 0 Å². The standard InChI is InChI=1S/C13H15N5O/c1-9(2)15-8-13-16-7-12(19-13)10-5-17-18-4-3-14-6-11(10)18/h3-7,9,15H,8H2,1-2H3. The lowest BCUT2D eigenvalue weighted by Gasteiger charge is -2.03. The molecule has 0 fully saturated rings. The molecule has 19 heavy (non-hydrogen) atoms. The van der Waals surface area contributed by atoms with Crippen molar-refractivity contribution in [2.24, 2.45) is 0 Å². The third-order valence-electron chi connectivity index (χ3n) is 2.81. The average molecular weight is 257 g/mol. The number of hydrogen-bond donors (Lipinski definition) is 1. The largest absolute Gasteiger partial charge is 0.439 e. The van der Waals surface area contributed by atoms with Crippen LogP contribution in [0.5, 0.6) is 0 Å². The van der Waals surface area contributed by atoms with E-state index in [1.54, 1.807) is 35.5 Å². The number of rotatable bonds is 4. The summed E-state index contributed by atoms with van der Waals surface area (Å²) in [5.41, 5.74) is 1.80. The maximum atomic E-state index is 5.73. The first-order valence-electron chi connectivity index (χ1n) is 6.20. The van der Waals surface area contributed by atoms with E-state index in [-0.39, 0.29) is 0 Å². The predicted octanol–water partition coefficient (Wildman–Crippen LogP) is 1.88. The molecule has 3 aromatic heterocycles. The van der Waals surface area contributed by atoms with Crippen molar-refractivity contribution >= 4 is 5.52 Å². The van der Waals surface area contributed by atoms with Crippen LogP contribution < -0.4 is 5.32 Å². The molecule has 0 unspecified atom stereocenters. The highest BCUT2D eigenvalue weighted by Crippen LogP contribution is 2.24. The van der Waals surface area contributed by atoms with Crippen molar-refractivity contribution in [2.75, 3.05) is 0 Å². The third kappa shape index (κ3) is 2.34. The van der Waals surface area contributed by atoms with Crippen molar-refractivity contribution in [3.8, 4) is 11.3 Å². The summed E-state index contributed by atoms with van der Waals surface area (Å²) < 4.78 is 7.49. The Morgan fingerprint density at radius 2 is 2.21 bits per heavy atom. The van der Waals surface area contributed by atoms with Gasteiger partial charge in [0.15, 0.2) is 5.76 Å². The van der Waals surface area contributed by atoms with Gasteiger partial charge in [-0.15, -0.1) is 0 Å². The Labute approximate surface area is 110 Å². The van der Waals surface area contributed by atoms with Crippen LogP contribution in [0.15, 0.2) is 35.4 Å². The predicted molar refractivity (Wildman–Crippen MR) is 70.5 cm³/mol. The summed E-state index contributed by atoms with van der Waals surface area (Å²) in [6.07, 6.45) is 8.74. The molecular formula is C13H15N5O. The molecule has 0 saturated carbocycles. The number of hydrogen-bond acceptors (Lipinski definition) is 5. The molecule has 3 aromatic rings. The minimum Gasteiger partial charge on any atom is -0.439 e. The zero-order valence-electron chi connectivity index (χ0n) is 10.9. The van der Waals surface area contributed by atoms with Crippen LogP contribution in [0.3, 0.4) is 0 Å². The van der Waals surface area contributed by atoms with Crippen LogP contribution in [0, 0.1) is 0 Å². The lowest BCUT2D eigenvalue weighted by Crippen LogP contribution is -2.21. The second kappa shape index (κ2) is 4.81. The van der Waals surface area contributed by atoms with E-state index in [1.165, 1.54) is 0 Å². The molecule has 3 heterocycles. The second-order valence-electron chi connectivity index (χ2n) is 4.62. The maximum Gasteiger partial charge on any atom is 0.208 e. The van der Waals surface area contributed by atoms with Gasteiger partial charge in [0.2, 0.25) is 5.89 Å². The zero-order valence-corrected chi connectivity index (χ0v) is 10.9. The van der Waals surface area contributed by atoms with Crippen LogP contribution in [0.1, 0.15) is 19.7 Å². The minimum absolute atomic E-state index is 0.400. The van der Waals surface area contributed by atoms with E-state index in [0.29, 0.717) is 24.2 Å². The first-order valence-corrected chi connectivity index (χ1v) is 6.20. The molecule has 0 bridgehead atoms. The summed E-state index contributed by atoms with van der Waals surface area (Å²) in [6, 6.07) is 0.400. The van der Waals surface area contributed by atoms with E-state index in [9.17, 15) is 0 Å². The molecule has 0 atom stereocenters. The van der Waals surface area contributed by atoms with Crippen molar-refractivity contribution in [1.29, 1.82) is 0 Å². The molecule has 0 aliphatic heterocycles. The van der Waals surface area contributed by atoms with Crippen LogP contribution in [0.25, 0.3) is 16.8 Å². The van der Waals surface area contributed by atoms with Gasteiger partial charge < -0.3 is 9.73 Å². The minimum atomic E-state index is 0.400. The lowest BCUT2D eigenvalue weighted by atomic mass is 10.2. The number of nitrogens with one attached hydrogen (secondary N) is 1. The highest BCUT2D eigenvalue weighted by atomic mass is 16.4. The Hall–Kier alpha value is -2.21. The molecule has 0 amide bonds. The van der Waals surface area contributed by atoms with E-state index in [0.717, 1.165) is 11.1 Å². The molecule has 0 aliphatic rings. The summed E-state index contributed by atoms with van der Waals surface area (Å²) in [4.78, 5) is 8.37. The van der Waals surface area contributed by atoms with Gasteiger partial charge in [0.25, 0.3) is 0 Å². The summed E-state index contributed by atoms with van der Waals surface area (Å²) in [5, 5.41) is 7.52. The van der Waals surface area contributed by atoms with Gasteiger partial charge in [0, 0.05) is 18.4 Å². The van der Waals surface area contributed by atoms with Crippen LogP contribution in [0.4, 0.5) is 0 Å². The normalized spacial score (nSPS) is 11.5. The van der Waals surface area contributed by atoms with Gasteiger partial charge in [-0.3, -0.25) is 4.98 Å². The van der Waals surface area contributed by atoms with Crippen LogP contribution in [-0.4, -0.2) is 25.6 Å². The van der Waals surface area contributed by atoms with Crippen molar-refractivity contribution in [1.82, 2.24) is 24.9 Å². The maximum absolute atomic E-state index is 5.73. The fourth-order valence-corrected chi connectivity index (χ4v) is 1.83. The third-order valence-corrected chi connectivity index (χ3v) is 2.81. The van der Waals surface area contributed by atoms with E-state index < -0.39 is 0 Å². The molecule has 6 heteroatoms. The van der Waals surface area contributed by atoms with Gasteiger partial charge in [-0.25, -0.2) is 9.50 Å². The molecule has 6 nitrogen and oxygen atoms in total. The molecule has 1 N–H and O–H groups in total. The Bertz CT molecular complexity index is 685. The number of fused-ring (bicyclic) bond motifs is 1. The first kappa shape index (κ1) is 11.9. The fraction of sp³-hybridized carbons (Fsp3) is 0.308. The summed E-state index contributed by atoms with van der Waals surface area (Å²) in [5.74, 6) is 1.38. The molecule has 0 saturated heterocycles. The smallest absolute Gasteiger partial charge is 0.208 e. The Balaban J connectivity index is 1.90. The average Bonchev–Trinajstić information content (AvgIpc) is 3.02. The highest BCUT2D eigenvalue weighted by molar-refractivity contribution is 5.75. The molecule has 98 valence electrons. The SMILES string of the molecule is CC(C)NCc1ncc(-c2cnn3ccncc23)o1. The zero-order chi connectivity index (χ0) is 13.2. The fourth-order valence-electron chi connectivity index (χ4n) is 1.83. The van der Waals surface area contributed by atoms with Crippen molar-refractivity contribution in [3.63, 3.8) is 0 Å². The van der Waals surface area contributed by atoms with Crippen molar-refractivity contribution < 1.29 is 4.42 Å². The molecule has 0 spiro atoms. The molecule has 0 aromatic carbocycles. The number of nitrogens with zero attached hydrogens (tertiary/aromatic N) is 4. The van der Waals surface area contributed by atoms with Gasteiger partial charge in [-0.1, -0.05) is 13.8 Å². The van der Waals surface area contributed by atoms with Gasteiger partial charge in [-0.2, -0.15) is 5.10 Å². The van der Waals surface area contributed by atoms with Gasteiger partial charge in [-0.05, 0) is 0 Å². The summed E-state index contributed by atoms with van der Waals surface area (Å²) >= 11 is 0. The van der Waals surface area contributed by atoms with E-state index in [4.69, 9.17) is 4.42 Å². The molecule has 3 rings (SSSR count). The number of oxazole rings is 1. The molecular weight excluding hydrogens is 242 g/mol. The number of aromatic nitrogens is 4. The van der Waals surface area contributed by atoms with Gasteiger partial charge in [0.05, 0.1) is 36.2 Å².